The Labute approximate surface area is 187 Å². The van der Waals surface area contributed by atoms with E-state index in [9.17, 15) is 19.5 Å². The number of amides is 2. The number of aliphatic carboxylic acids is 1. The molecule has 5 N–H and O–H groups in total. The normalized spacial score (nSPS) is 21.1. The molecule has 0 radical (unpaired) electrons. The van der Waals surface area contributed by atoms with Crippen LogP contribution in [0.3, 0.4) is 0 Å². The Balaban J connectivity index is 1.74. The number of hydrogen-bond donors (Lipinski definition) is 4. The van der Waals surface area contributed by atoms with Gasteiger partial charge in [-0.1, -0.05) is 12.1 Å². The van der Waals surface area contributed by atoms with E-state index < -0.39 is 23.5 Å². The lowest BCUT2D eigenvalue weighted by Crippen LogP contribution is -2.69. The van der Waals surface area contributed by atoms with Gasteiger partial charge in [0.1, 0.15) is 17.1 Å². The Bertz CT molecular complexity index is 944. The fourth-order valence-electron chi connectivity index (χ4n) is 2.75. The van der Waals surface area contributed by atoms with E-state index in [1.54, 1.807) is 16.7 Å². The molecule has 168 valence electrons. The number of nitrogens with two attached hydrogens (primary N) is 1. The summed E-state index contributed by atoms with van der Waals surface area (Å²) in [7, 11) is 0. The molecule has 0 saturated carbocycles. The van der Waals surface area contributed by atoms with Crippen LogP contribution in [0.1, 0.15) is 26.5 Å². The maximum absolute atomic E-state index is 12.9. The number of aromatic nitrogens is 1. The number of β-lactam (4-membered cyclic amide) rings is 1. The topological polar surface area (TPSA) is 159 Å². The fourth-order valence-corrected chi connectivity index (χ4v) is 4.56. The number of carboxylic acid groups (broad SMARTS) is 1. The number of rotatable bonds is 9. The lowest BCUT2D eigenvalue weighted by Gasteiger charge is -2.47. The predicted octanol–water partition coefficient (Wildman–Crippen LogP) is 0.203. The summed E-state index contributed by atoms with van der Waals surface area (Å²) in [4.78, 5) is 47.5. The molecule has 1 saturated heterocycles. The summed E-state index contributed by atoms with van der Waals surface area (Å²) in [6.45, 7) is 6.15. The van der Waals surface area contributed by atoms with Gasteiger partial charge in [0, 0.05) is 23.9 Å². The second kappa shape index (κ2) is 9.24. The zero-order chi connectivity index (χ0) is 22.8. The highest BCUT2D eigenvalue weighted by Crippen LogP contribution is 2.36. The average molecular weight is 469 g/mol. The van der Waals surface area contributed by atoms with E-state index in [1.807, 2.05) is 13.1 Å². The van der Waals surface area contributed by atoms with Gasteiger partial charge in [0.15, 0.2) is 10.8 Å². The maximum Gasteiger partial charge on any atom is 0.350 e. The molecular formula is C18H24N6O5S2. The van der Waals surface area contributed by atoms with E-state index in [-0.39, 0.29) is 27.8 Å². The van der Waals surface area contributed by atoms with Crippen LogP contribution in [-0.4, -0.2) is 74.3 Å². The van der Waals surface area contributed by atoms with Gasteiger partial charge in [-0.2, -0.15) is 0 Å². The number of nitrogen functional groups attached to an aromatic ring is 1. The van der Waals surface area contributed by atoms with Crippen LogP contribution in [0.15, 0.2) is 22.3 Å². The maximum atomic E-state index is 12.9. The predicted molar refractivity (Wildman–Crippen MR) is 118 cm³/mol. The third-order valence-electron chi connectivity index (χ3n) is 4.59. The Hall–Kier alpha value is -2.64. The van der Waals surface area contributed by atoms with Gasteiger partial charge in [0.05, 0.1) is 0 Å². The van der Waals surface area contributed by atoms with Crippen molar-refractivity contribution in [1.29, 1.82) is 0 Å². The summed E-state index contributed by atoms with van der Waals surface area (Å²) in [6, 6.07) is -0.733. The van der Waals surface area contributed by atoms with Gasteiger partial charge < -0.3 is 31.2 Å². The SMILES string of the molecule is CCNCC1=CN2C(=O)C(NC(=O)/C(=N\OC(C)(C)C(=O)O)c3csc(N)n3)[C@H]2SC1. The van der Waals surface area contributed by atoms with Gasteiger partial charge in [-0.05, 0) is 26.0 Å². The van der Waals surface area contributed by atoms with Crippen LogP contribution in [-0.2, 0) is 19.2 Å². The minimum Gasteiger partial charge on any atom is -0.478 e. The summed E-state index contributed by atoms with van der Waals surface area (Å²) in [5.41, 5.74) is 4.97. The number of thiazole rings is 1. The summed E-state index contributed by atoms with van der Waals surface area (Å²) in [5.74, 6) is -1.44. The molecular weight excluding hydrogens is 444 g/mol. The first-order valence-electron chi connectivity index (χ1n) is 9.50. The molecule has 1 aromatic heterocycles. The van der Waals surface area contributed by atoms with Crippen LogP contribution in [0.5, 0.6) is 0 Å². The minimum absolute atomic E-state index is 0.133. The van der Waals surface area contributed by atoms with Crippen LogP contribution in [0.4, 0.5) is 5.13 Å². The molecule has 3 heterocycles. The third-order valence-corrected chi connectivity index (χ3v) is 6.64. The number of likely N-dealkylation sites (N-methyl/N-ethyl adjacent to an activating group) is 1. The van der Waals surface area contributed by atoms with Gasteiger partial charge in [-0.25, -0.2) is 9.78 Å². The van der Waals surface area contributed by atoms with Crippen LogP contribution in [0.25, 0.3) is 0 Å². The molecule has 3 rings (SSSR count). The van der Waals surface area contributed by atoms with Gasteiger partial charge in [-0.15, -0.1) is 23.1 Å². The van der Waals surface area contributed by atoms with Crippen molar-refractivity contribution in [3.63, 3.8) is 0 Å². The van der Waals surface area contributed by atoms with E-state index in [0.29, 0.717) is 6.54 Å². The van der Waals surface area contributed by atoms with E-state index in [2.05, 4.69) is 20.8 Å². The van der Waals surface area contributed by atoms with Crippen LogP contribution in [0, 0.1) is 0 Å². The molecule has 2 aliphatic rings. The highest BCUT2D eigenvalue weighted by Gasteiger charge is 2.49. The van der Waals surface area contributed by atoms with Crippen molar-refractivity contribution in [3.8, 4) is 0 Å². The molecule has 2 atom stereocenters. The third kappa shape index (κ3) is 4.99. The number of carbonyl (C=O) groups is 3. The smallest absolute Gasteiger partial charge is 0.350 e. The molecule has 31 heavy (non-hydrogen) atoms. The summed E-state index contributed by atoms with van der Waals surface area (Å²) in [6.07, 6.45) is 1.82. The molecule has 0 spiro atoms. The average Bonchev–Trinajstić information content (AvgIpc) is 3.15. The second-order valence-electron chi connectivity index (χ2n) is 7.38. The van der Waals surface area contributed by atoms with Gasteiger partial charge >= 0.3 is 5.97 Å². The quantitative estimate of drug-likeness (QED) is 0.226. The molecule has 0 bridgehead atoms. The first-order valence-corrected chi connectivity index (χ1v) is 11.4. The number of thioether (sulfide) groups is 1. The Kier molecular flexibility index (Phi) is 6.86. The molecule has 1 aromatic rings. The lowest BCUT2D eigenvalue weighted by molar-refractivity contribution is -0.161. The Morgan fingerprint density at radius 2 is 2.23 bits per heavy atom. The van der Waals surface area contributed by atoms with E-state index in [4.69, 9.17) is 10.6 Å². The van der Waals surface area contributed by atoms with E-state index in [1.165, 1.54) is 19.2 Å². The lowest BCUT2D eigenvalue weighted by atomic mass is 10.1. The molecule has 2 amide bonds. The monoisotopic (exact) mass is 468 g/mol. The van der Waals surface area contributed by atoms with Crippen molar-refractivity contribution >= 4 is 51.7 Å². The minimum atomic E-state index is -1.66. The van der Waals surface area contributed by atoms with Crippen LogP contribution < -0.4 is 16.4 Å². The van der Waals surface area contributed by atoms with Gasteiger partial charge in [0.2, 0.25) is 5.60 Å². The Morgan fingerprint density at radius 3 is 2.84 bits per heavy atom. The van der Waals surface area contributed by atoms with Crippen LogP contribution >= 0.6 is 23.1 Å². The molecule has 11 nitrogen and oxygen atoms in total. The number of nitrogens with zero attached hydrogens (tertiary/aromatic N) is 3. The first-order chi connectivity index (χ1) is 14.6. The van der Waals surface area contributed by atoms with Gasteiger partial charge in [-0.3, -0.25) is 9.59 Å². The molecule has 0 aliphatic carbocycles. The molecule has 1 fully saturated rings. The molecule has 0 aromatic carbocycles. The molecule has 1 unspecified atom stereocenters. The number of anilines is 1. The number of nitrogens with one attached hydrogen (secondary N) is 2. The largest absolute Gasteiger partial charge is 0.478 e. The number of hydrogen-bond acceptors (Lipinski definition) is 10. The number of oxime groups is 1. The van der Waals surface area contributed by atoms with Crippen molar-refractivity contribution in [2.75, 3.05) is 24.6 Å². The van der Waals surface area contributed by atoms with E-state index >= 15 is 0 Å². The summed E-state index contributed by atoms with van der Waals surface area (Å²) < 4.78 is 0. The van der Waals surface area contributed by atoms with Crippen molar-refractivity contribution in [2.45, 2.75) is 37.8 Å². The van der Waals surface area contributed by atoms with Crippen molar-refractivity contribution in [1.82, 2.24) is 20.5 Å². The van der Waals surface area contributed by atoms with Crippen molar-refractivity contribution in [2.24, 2.45) is 5.16 Å². The highest BCUT2D eigenvalue weighted by molar-refractivity contribution is 8.00. The van der Waals surface area contributed by atoms with Crippen LogP contribution in [0.2, 0.25) is 0 Å². The summed E-state index contributed by atoms with van der Waals surface area (Å²) in [5, 5.41) is 20.3. The zero-order valence-corrected chi connectivity index (χ0v) is 18.9. The standard InChI is InChI=1S/C18H24N6O5S2/c1-4-20-5-9-6-24-14(26)12(15(24)30-7-9)22-13(25)11(10-8-31-17(19)21-10)23-29-18(2,3)16(27)28/h6,8,12,15,20H,4-5,7H2,1-3H3,(H2,19,21)(H,22,25)(H,27,28)/b23-11-/t12?,15-/m1/s1. The van der Waals surface area contributed by atoms with E-state index in [0.717, 1.165) is 29.2 Å². The number of fused-ring (bicyclic) bond motifs is 1. The van der Waals surface area contributed by atoms with Crippen molar-refractivity contribution in [3.05, 3.63) is 22.8 Å². The fraction of sp³-hybridized carbons (Fsp3) is 0.500. The van der Waals surface area contributed by atoms with Crippen molar-refractivity contribution < 1.29 is 24.3 Å². The highest BCUT2D eigenvalue weighted by atomic mass is 32.2. The molecule has 2 aliphatic heterocycles. The summed E-state index contributed by atoms with van der Waals surface area (Å²) >= 11 is 2.65. The number of carbonyl (C=O) groups excluding carboxylic acids is 2. The zero-order valence-electron chi connectivity index (χ0n) is 17.2. The number of carboxylic acids is 1. The second-order valence-corrected chi connectivity index (χ2v) is 9.38. The first kappa shape index (κ1) is 23.0. The molecule has 13 heteroatoms. The van der Waals surface area contributed by atoms with Gasteiger partial charge in [0.25, 0.3) is 11.8 Å². The Morgan fingerprint density at radius 1 is 1.48 bits per heavy atom.